The molecule has 1 N–H and O–H groups in total. The second-order valence-electron chi connectivity index (χ2n) is 7.20. The van der Waals surface area contributed by atoms with Gasteiger partial charge in [0.25, 0.3) is 0 Å². The number of ether oxygens (including phenoxy) is 1. The van der Waals surface area contributed by atoms with Crippen molar-refractivity contribution in [2.75, 3.05) is 18.1 Å². The summed E-state index contributed by atoms with van der Waals surface area (Å²) < 4.78 is 43.8. The maximum atomic E-state index is 13.9. The summed E-state index contributed by atoms with van der Waals surface area (Å²) in [7, 11) is -3.19. The lowest BCUT2D eigenvalue weighted by molar-refractivity contribution is 0.0271. The summed E-state index contributed by atoms with van der Waals surface area (Å²) in [5.41, 5.74) is -0.745. The Labute approximate surface area is 143 Å². The number of benzene rings is 1. The Bertz CT molecular complexity index is 700. The van der Waals surface area contributed by atoms with Crippen LogP contribution in [0.5, 0.6) is 5.75 Å². The van der Waals surface area contributed by atoms with Gasteiger partial charge in [0.2, 0.25) is 0 Å². The third kappa shape index (κ3) is 5.05. The molecule has 0 aromatic heterocycles. The minimum Gasteiger partial charge on any atom is -0.488 e. The van der Waals surface area contributed by atoms with Crippen LogP contribution in [0, 0.1) is 5.82 Å². The summed E-state index contributed by atoms with van der Waals surface area (Å²) in [5, 5.41) is 9.71. The van der Waals surface area contributed by atoms with Gasteiger partial charge in [-0.3, -0.25) is 0 Å². The molecule has 0 atom stereocenters. The Kier molecular flexibility index (Phi) is 5.40. The third-order valence-corrected chi connectivity index (χ3v) is 5.96. The van der Waals surface area contributed by atoms with Gasteiger partial charge >= 0.3 is 0 Å². The van der Waals surface area contributed by atoms with E-state index in [4.69, 9.17) is 4.74 Å². The Balaban J connectivity index is 2.18. The molecule has 0 bridgehead atoms. The van der Waals surface area contributed by atoms with Gasteiger partial charge in [0, 0.05) is 5.41 Å². The molecule has 1 aromatic rings. The van der Waals surface area contributed by atoms with Gasteiger partial charge in [-0.15, -0.1) is 6.58 Å². The maximum Gasteiger partial charge on any atom is 0.165 e. The summed E-state index contributed by atoms with van der Waals surface area (Å²) in [5.74, 6) is -0.330. The van der Waals surface area contributed by atoms with E-state index in [9.17, 15) is 17.9 Å². The van der Waals surface area contributed by atoms with Crippen molar-refractivity contribution in [1.29, 1.82) is 0 Å². The van der Waals surface area contributed by atoms with E-state index in [2.05, 4.69) is 6.58 Å². The standard InChI is InChI=1S/C18H25FO4S/c1-4-5-10-24(21,22)13-18(8-9-18)14-6-7-15(19)16(11-14)23-12-17(2,3)20/h4,6-7,11,20H,1,5,8-10,12-13H2,2-3H3. The normalized spacial score (nSPS) is 16.7. The van der Waals surface area contributed by atoms with Crippen molar-refractivity contribution in [2.45, 2.75) is 44.1 Å². The van der Waals surface area contributed by atoms with Gasteiger partial charge in [-0.05, 0) is 50.8 Å². The molecule has 134 valence electrons. The summed E-state index contributed by atoms with van der Waals surface area (Å²) in [6, 6.07) is 4.49. The number of allylic oxidation sites excluding steroid dienone is 1. The monoisotopic (exact) mass is 356 g/mol. The number of sulfone groups is 1. The summed E-state index contributed by atoms with van der Waals surface area (Å²) in [6.07, 6.45) is 3.55. The second kappa shape index (κ2) is 6.84. The molecule has 24 heavy (non-hydrogen) atoms. The fourth-order valence-electron chi connectivity index (χ4n) is 2.62. The van der Waals surface area contributed by atoms with Gasteiger partial charge in [-0.25, -0.2) is 12.8 Å². The molecular weight excluding hydrogens is 331 g/mol. The van der Waals surface area contributed by atoms with E-state index in [1.54, 1.807) is 32.1 Å². The molecule has 1 aromatic carbocycles. The molecule has 2 rings (SSSR count). The van der Waals surface area contributed by atoms with Crippen LogP contribution in [0.25, 0.3) is 0 Å². The highest BCUT2D eigenvalue weighted by Gasteiger charge is 2.47. The van der Waals surface area contributed by atoms with E-state index in [0.717, 1.165) is 18.4 Å². The van der Waals surface area contributed by atoms with E-state index >= 15 is 0 Å². The van der Waals surface area contributed by atoms with Crippen molar-refractivity contribution >= 4 is 9.84 Å². The number of halogens is 1. The lowest BCUT2D eigenvalue weighted by Crippen LogP contribution is -2.28. The van der Waals surface area contributed by atoms with Gasteiger partial charge in [-0.2, -0.15) is 0 Å². The van der Waals surface area contributed by atoms with Gasteiger partial charge in [0.05, 0.1) is 17.1 Å². The highest BCUT2D eigenvalue weighted by atomic mass is 32.2. The van der Waals surface area contributed by atoms with Crippen molar-refractivity contribution in [3.8, 4) is 5.75 Å². The first kappa shape index (κ1) is 18.9. The number of hydrogen-bond donors (Lipinski definition) is 1. The zero-order valence-electron chi connectivity index (χ0n) is 14.2. The molecule has 1 fully saturated rings. The lowest BCUT2D eigenvalue weighted by atomic mass is 9.98. The topological polar surface area (TPSA) is 63.6 Å². The Morgan fingerprint density at radius 1 is 1.42 bits per heavy atom. The Hall–Kier alpha value is -1.40. The zero-order chi connectivity index (χ0) is 18.0. The molecular formula is C18H25FO4S. The van der Waals surface area contributed by atoms with Gasteiger partial charge in [0.1, 0.15) is 6.61 Å². The highest BCUT2D eigenvalue weighted by Crippen LogP contribution is 2.50. The smallest absolute Gasteiger partial charge is 0.165 e. The third-order valence-electron chi connectivity index (χ3n) is 4.11. The maximum absolute atomic E-state index is 13.9. The second-order valence-corrected chi connectivity index (χ2v) is 9.38. The average Bonchev–Trinajstić information content (AvgIpc) is 3.23. The number of rotatable bonds is 9. The number of aliphatic hydroxyl groups is 1. The van der Waals surface area contributed by atoms with E-state index < -0.39 is 26.7 Å². The minimum atomic E-state index is -3.19. The first-order valence-corrected chi connectivity index (χ1v) is 9.86. The Morgan fingerprint density at radius 3 is 2.62 bits per heavy atom. The fourth-order valence-corrected chi connectivity index (χ4v) is 4.59. The van der Waals surface area contributed by atoms with E-state index in [1.165, 1.54) is 6.07 Å². The van der Waals surface area contributed by atoms with Crippen molar-refractivity contribution in [3.05, 3.63) is 42.2 Å². The molecule has 1 aliphatic rings. The zero-order valence-corrected chi connectivity index (χ0v) is 15.0. The van der Waals surface area contributed by atoms with Crippen LogP contribution in [0.4, 0.5) is 4.39 Å². The van der Waals surface area contributed by atoms with Crippen molar-refractivity contribution in [3.63, 3.8) is 0 Å². The molecule has 0 spiro atoms. The SMILES string of the molecule is C=CCCS(=O)(=O)CC1(c2ccc(F)c(OCC(C)(C)O)c2)CC1. The highest BCUT2D eigenvalue weighted by molar-refractivity contribution is 7.91. The van der Waals surface area contributed by atoms with Crippen molar-refractivity contribution in [2.24, 2.45) is 0 Å². The Morgan fingerprint density at radius 2 is 2.08 bits per heavy atom. The van der Waals surface area contributed by atoms with Crippen LogP contribution in [0.15, 0.2) is 30.9 Å². The van der Waals surface area contributed by atoms with E-state index in [0.29, 0.717) is 6.42 Å². The van der Waals surface area contributed by atoms with Crippen LogP contribution in [-0.2, 0) is 15.3 Å². The molecule has 0 amide bonds. The molecule has 0 aliphatic heterocycles. The summed E-state index contributed by atoms with van der Waals surface area (Å²) in [6.45, 7) is 6.65. The predicted octanol–water partition coefficient (Wildman–Crippen LogP) is 3.00. The van der Waals surface area contributed by atoms with E-state index in [1.807, 2.05) is 0 Å². The molecule has 0 heterocycles. The molecule has 4 nitrogen and oxygen atoms in total. The van der Waals surface area contributed by atoms with Crippen LogP contribution in [0.3, 0.4) is 0 Å². The quantitative estimate of drug-likeness (QED) is 0.691. The summed E-state index contributed by atoms with van der Waals surface area (Å²) in [4.78, 5) is 0. The molecule has 0 unspecified atom stereocenters. The van der Waals surface area contributed by atoms with Crippen LogP contribution in [0.2, 0.25) is 0 Å². The van der Waals surface area contributed by atoms with Crippen LogP contribution in [-0.4, -0.2) is 37.2 Å². The van der Waals surface area contributed by atoms with Crippen LogP contribution in [0.1, 0.15) is 38.7 Å². The predicted molar refractivity (Wildman–Crippen MR) is 92.6 cm³/mol. The minimum absolute atomic E-state index is 0.0436. The molecule has 1 aliphatic carbocycles. The molecule has 1 saturated carbocycles. The number of hydrogen-bond acceptors (Lipinski definition) is 4. The molecule has 0 saturated heterocycles. The summed E-state index contributed by atoms with van der Waals surface area (Å²) >= 11 is 0. The van der Waals surface area contributed by atoms with Gasteiger partial charge in [-0.1, -0.05) is 12.1 Å². The van der Waals surface area contributed by atoms with Crippen LogP contribution < -0.4 is 4.74 Å². The molecule has 0 radical (unpaired) electrons. The van der Waals surface area contributed by atoms with Crippen molar-refractivity contribution in [1.82, 2.24) is 0 Å². The van der Waals surface area contributed by atoms with E-state index in [-0.39, 0.29) is 23.9 Å². The van der Waals surface area contributed by atoms with Crippen LogP contribution >= 0.6 is 0 Å². The lowest BCUT2D eigenvalue weighted by Gasteiger charge is -2.20. The van der Waals surface area contributed by atoms with Crippen molar-refractivity contribution < 1.29 is 22.7 Å². The van der Waals surface area contributed by atoms with Gasteiger partial charge < -0.3 is 9.84 Å². The molecule has 6 heteroatoms. The first-order chi connectivity index (χ1) is 11.1. The first-order valence-electron chi connectivity index (χ1n) is 8.03. The fraction of sp³-hybridized carbons (Fsp3) is 0.556. The van der Waals surface area contributed by atoms with Gasteiger partial charge in [0.15, 0.2) is 21.4 Å². The average molecular weight is 356 g/mol. The largest absolute Gasteiger partial charge is 0.488 e.